The molecule has 3 aromatic rings. The van der Waals surface area contributed by atoms with Crippen molar-refractivity contribution in [3.63, 3.8) is 0 Å². The van der Waals surface area contributed by atoms with E-state index in [9.17, 15) is 10.1 Å². The summed E-state index contributed by atoms with van der Waals surface area (Å²) in [5.74, 6) is 1.75. The van der Waals surface area contributed by atoms with Gasteiger partial charge in [-0.25, -0.2) is 9.97 Å². The minimum Gasteiger partial charge on any atom is -0.496 e. The van der Waals surface area contributed by atoms with Crippen LogP contribution >= 0.6 is 0 Å². The van der Waals surface area contributed by atoms with Gasteiger partial charge in [-0.15, -0.1) is 0 Å². The first kappa shape index (κ1) is 23.1. The number of nitrogens with one attached hydrogen (secondary N) is 1. The Labute approximate surface area is 198 Å². The van der Waals surface area contributed by atoms with E-state index >= 15 is 0 Å². The van der Waals surface area contributed by atoms with Crippen LogP contribution in [0.3, 0.4) is 0 Å². The lowest BCUT2D eigenvalue weighted by atomic mass is 9.93. The number of carbonyl (C=O) groups is 1. The molecule has 1 N–H and O–H groups in total. The lowest BCUT2D eigenvalue weighted by molar-refractivity contribution is -0.125. The summed E-state index contributed by atoms with van der Waals surface area (Å²) in [5, 5.41) is 13.5. The standard InChI is InChI=1S/C26H27N5O3/c1-6-24(32)31-14-19(10-20(31)12-27)29-26-28-13-18-9-17(7-8-21(18)30-26)25-15(2)22(33-4)11-23(34-5)16(25)3/h6-9,11,13,19-20H,1,10,14H2,2-5H3,(H,28,29,30)/t19-,20-/m0/s1. The van der Waals surface area contributed by atoms with Gasteiger partial charge in [0.05, 0.1) is 25.8 Å². The number of hydrogen-bond acceptors (Lipinski definition) is 7. The molecule has 174 valence electrons. The SMILES string of the molecule is C=CC(=O)N1C[C@@H](Nc2ncc3cc(-c4c(C)c(OC)cc(OC)c4C)ccc3n2)C[C@H]1C#N. The van der Waals surface area contributed by atoms with Gasteiger partial charge in [-0.05, 0) is 54.3 Å². The highest BCUT2D eigenvalue weighted by Crippen LogP contribution is 2.39. The van der Waals surface area contributed by atoms with Crippen molar-refractivity contribution in [1.29, 1.82) is 5.26 Å². The van der Waals surface area contributed by atoms with Gasteiger partial charge in [0, 0.05) is 36.7 Å². The smallest absolute Gasteiger partial charge is 0.247 e. The van der Waals surface area contributed by atoms with Crippen LogP contribution in [0, 0.1) is 25.2 Å². The second kappa shape index (κ2) is 9.40. The first-order valence-corrected chi connectivity index (χ1v) is 11.0. The number of ether oxygens (including phenoxy) is 2. The molecule has 2 aromatic carbocycles. The fourth-order valence-electron chi connectivity index (χ4n) is 4.59. The number of aromatic nitrogens is 2. The molecule has 1 aromatic heterocycles. The van der Waals surface area contributed by atoms with Crippen molar-refractivity contribution in [3.05, 3.63) is 54.2 Å². The highest BCUT2D eigenvalue weighted by molar-refractivity contribution is 5.88. The van der Waals surface area contributed by atoms with E-state index in [2.05, 4.69) is 34.0 Å². The first-order chi connectivity index (χ1) is 16.4. The third-order valence-electron chi connectivity index (χ3n) is 6.30. The molecule has 1 saturated heterocycles. The number of hydrogen-bond donors (Lipinski definition) is 1. The van der Waals surface area contributed by atoms with Crippen molar-refractivity contribution in [2.75, 3.05) is 26.1 Å². The van der Waals surface area contributed by atoms with Gasteiger partial charge < -0.3 is 19.7 Å². The Balaban J connectivity index is 1.62. The molecule has 2 atom stereocenters. The summed E-state index contributed by atoms with van der Waals surface area (Å²) in [6, 6.07) is 9.53. The minimum atomic E-state index is -0.489. The minimum absolute atomic E-state index is 0.111. The van der Waals surface area contributed by atoms with Crippen LogP contribution < -0.4 is 14.8 Å². The normalized spacial score (nSPS) is 17.3. The van der Waals surface area contributed by atoms with E-state index < -0.39 is 6.04 Å². The summed E-state index contributed by atoms with van der Waals surface area (Å²) >= 11 is 0. The first-order valence-electron chi connectivity index (χ1n) is 11.0. The molecule has 0 radical (unpaired) electrons. The molecule has 8 nitrogen and oxygen atoms in total. The predicted octanol–water partition coefficient (Wildman–Crippen LogP) is 4.02. The monoisotopic (exact) mass is 457 g/mol. The van der Waals surface area contributed by atoms with Crippen molar-refractivity contribution in [2.24, 2.45) is 0 Å². The van der Waals surface area contributed by atoms with Crippen LogP contribution in [-0.2, 0) is 4.79 Å². The summed E-state index contributed by atoms with van der Waals surface area (Å²) in [5.41, 5.74) is 4.94. The zero-order chi connectivity index (χ0) is 24.4. The van der Waals surface area contributed by atoms with E-state index in [1.807, 2.05) is 32.0 Å². The quantitative estimate of drug-likeness (QED) is 0.558. The Kier molecular flexibility index (Phi) is 6.37. The number of anilines is 1. The third kappa shape index (κ3) is 4.13. The highest BCUT2D eigenvalue weighted by atomic mass is 16.5. The van der Waals surface area contributed by atoms with Gasteiger partial charge in [-0.1, -0.05) is 12.6 Å². The van der Waals surface area contributed by atoms with Gasteiger partial charge in [0.1, 0.15) is 17.5 Å². The van der Waals surface area contributed by atoms with Crippen LogP contribution in [0.1, 0.15) is 17.5 Å². The van der Waals surface area contributed by atoms with Crippen LogP contribution in [0.15, 0.2) is 43.1 Å². The topological polar surface area (TPSA) is 100 Å². The number of carbonyl (C=O) groups excluding carboxylic acids is 1. The van der Waals surface area contributed by atoms with Gasteiger partial charge in [-0.2, -0.15) is 5.26 Å². The zero-order valence-electron chi connectivity index (χ0n) is 19.8. The van der Waals surface area contributed by atoms with Crippen LogP contribution in [0.4, 0.5) is 5.95 Å². The molecular weight excluding hydrogens is 430 g/mol. The number of rotatable bonds is 6. The number of likely N-dealkylation sites (tertiary alicyclic amines) is 1. The van der Waals surface area contributed by atoms with Crippen LogP contribution in [0.5, 0.6) is 11.5 Å². The maximum Gasteiger partial charge on any atom is 0.247 e. The van der Waals surface area contributed by atoms with Crippen molar-refractivity contribution in [2.45, 2.75) is 32.4 Å². The molecule has 1 aliphatic heterocycles. The molecule has 34 heavy (non-hydrogen) atoms. The third-order valence-corrected chi connectivity index (χ3v) is 6.30. The van der Waals surface area contributed by atoms with Crippen LogP contribution in [-0.4, -0.2) is 53.6 Å². The van der Waals surface area contributed by atoms with Gasteiger partial charge in [-0.3, -0.25) is 4.79 Å². The molecule has 0 aliphatic carbocycles. The number of fused-ring (bicyclic) bond motifs is 1. The second-order valence-corrected chi connectivity index (χ2v) is 8.29. The van der Waals surface area contributed by atoms with Gasteiger partial charge in [0.25, 0.3) is 0 Å². The molecular formula is C26H27N5O3. The fourth-order valence-corrected chi connectivity index (χ4v) is 4.59. The zero-order valence-corrected chi connectivity index (χ0v) is 19.8. The Morgan fingerprint density at radius 3 is 2.56 bits per heavy atom. The number of methoxy groups -OCH3 is 2. The molecule has 8 heteroatoms. The Hall–Kier alpha value is -4.12. The average molecular weight is 458 g/mol. The largest absolute Gasteiger partial charge is 0.496 e. The van der Waals surface area contributed by atoms with E-state index in [0.29, 0.717) is 18.9 Å². The van der Waals surface area contributed by atoms with Crippen molar-refractivity contribution in [3.8, 4) is 28.7 Å². The fraction of sp³-hybridized carbons (Fsp3) is 0.308. The Bertz CT molecular complexity index is 1290. The molecule has 1 aliphatic rings. The Morgan fingerprint density at radius 2 is 1.94 bits per heavy atom. The molecule has 0 bridgehead atoms. The average Bonchev–Trinajstić information content (AvgIpc) is 3.26. The summed E-state index contributed by atoms with van der Waals surface area (Å²) < 4.78 is 11.1. The predicted molar refractivity (Wildman–Crippen MR) is 131 cm³/mol. The van der Waals surface area contributed by atoms with Crippen molar-refractivity contribution >= 4 is 22.8 Å². The number of nitrogens with zero attached hydrogens (tertiary/aromatic N) is 4. The summed E-state index contributed by atoms with van der Waals surface area (Å²) in [4.78, 5) is 22.7. The van der Waals surface area contributed by atoms with E-state index in [0.717, 1.165) is 44.7 Å². The van der Waals surface area contributed by atoms with Crippen LogP contribution in [0.25, 0.3) is 22.0 Å². The lowest BCUT2D eigenvalue weighted by Gasteiger charge is -2.18. The van der Waals surface area contributed by atoms with E-state index in [4.69, 9.17) is 9.47 Å². The highest BCUT2D eigenvalue weighted by Gasteiger charge is 2.34. The summed E-state index contributed by atoms with van der Waals surface area (Å²) in [7, 11) is 3.30. The van der Waals surface area contributed by atoms with Crippen molar-refractivity contribution < 1.29 is 14.3 Å². The van der Waals surface area contributed by atoms with E-state index in [1.165, 1.54) is 11.0 Å². The molecule has 1 amide bonds. The maximum absolute atomic E-state index is 12.0. The molecule has 0 unspecified atom stereocenters. The van der Waals surface area contributed by atoms with E-state index in [1.54, 1.807) is 20.4 Å². The van der Waals surface area contributed by atoms with Gasteiger partial charge >= 0.3 is 0 Å². The Morgan fingerprint density at radius 1 is 1.24 bits per heavy atom. The van der Waals surface area contributed by atoms with Gasteiger partial charge in [0.2, 0.25) is 11.9 Å². The lowest BCUT2D eigenvalue weighted by Crippen LogP contribution is -2.34. The second-order valence-electron chi connectivity index (χ2n) is 8.29. The van der Waals surface area contributed by atoms with Gasteiger partial charge in [0.15, 0.2) is 0 Å². The molecule has 4 rings (SSSR count). The summed E-state index contributed by atoms with van der Waals surface area (Å²) in [6.45, 7) is 7.98. The van der Waals surface area contributed by atoms with Crippen LogP contribution in [0.2, 0.25) is 0 Å². The number of amides is 1. The molecule has 2 heterocycles. The molecule has 1 fully saturated rings. The molecule has 0 spiro atoms. The van der Waals surface area contributed by atoms with E-state index in [-0.39, 0.29) is 11.9 Å². The van der Waals surface area contributed by atoms with Crippen molar-refractivity contribution in [1.82, 2.24) is 14.9 Å². The maximum atomic E-state index is 12.0. The summed E-state index contributed by atoms with van der Waals surface area (Å²) in [6.07, 6.45) is 3.52. The number of nitriles is 1. The number of benzene rings is 2. The molecule has 0 saturated carbocycles.